The van der Waals surface area contributed by atoms with Crippen molar-refractivity contribution < 1.29 is 8.42 Å². The molecule has 0 atom stereocenters. The first kappa shape index (κ1) is 12.0. The molecule has 0 fully saturated rings. The van der Waals surface area contributed by atoms with Crippen molar-refractivity contribution in [3.05, 3.63) is 24.3 Å². The molecular weight excluding hydrogens is 212 g/mol. The van der Waals surface area contributed by atoms with Crippen molar-refractivity contribution in [1.82, 2.24) is 10.0 Å². The van der Waals surface area contributed by atoms with E-state index >= 15 is 0 Å². The van der Waals surface area contributed by atoms with Crippen LogP contribution in [0.1, 0.15) is 13.8 Å². The van der Waals surface area contributed by atoms with Crippen LogP contribution in [0, 0.1) is 0 Å². The van der Waals surface area contributed by atoms with Crippen LogP contribution in [-0.2, 0) is 10.0 Å². The van der Waals surface area contributed by atoms with Gasteiger partial charge >= 0.3 is 0 Å². The summed E-state index contributed by atoms with van der Waals surface area (Å²) in [5.41, 5.74) is 7.60. The maximum atomic E-state index is 12.0. The molecule has 0 bridgehead atoms. The van der Waals surface area contributed by atoms with Crippen LogP contribution in [0.5, 0.6) is 0 Å². The monoisotopic (exact) mass is 227 g/mol. The fraction of sp³-hybridized carbons (Fsp3) is 0.400. The Hall–Kier alpha value is -1.07. The number of benzene rings is 1. The molecule has 1 radical (unpaired) electrons. The van der Waals surface area contributed by atoms with Crippen molar-refractivity contribution in [2.45, 2.75) is 18.7 Å². The zero-order valence-electron chi connectivity index (χ0n) is 8.90. The van der Waals surface area contributed by atoms with Gasteiger partial charge in [0.15, 0.2) is 0 Å². The zero-order valence-corrected chi connectivity index (χ0v) is 9.71. The van der Waals surface area contributed by atoms with Crippen molar-refractivity contribution in [3.8, 4) is 0 Å². The molecule has 83 valence electrons. The SMILES string of the molecule is CCN(CC)S(=O)(=O)c1cccc([NH])c1. The number of nitrogens with zero attached hydrogens (tertiary/aromatic N) is 1. The molecule has 1 aromatic carbocycles. The summed E-state index contributed by atoms with van der Waals surface area (Å²) < 4.78 is 25.4. The first-order chi connectivity index (χ1) is 7.02. The van der Waals surface area contributed by atoms with Gasteiger partial charge in [0.1, 0.15) is 0 Å². The molecule has 0 unspecified atom stereocenters. The molecule has 0 saturated carbocycles. The van der Waals surface area contributed by atoms with Gasteiger partial charge < -0.3 is 5.73 Å². The Morgan fingerprint density at radius 2 is 1.87 bits per heavy atom. The average Bonchev–Trinajstić information content (AvgIpc) is 2.19. The third-order valence-corrected chi connectivity index (χ3v) is 4.22. The molecule has 0 saturated heterocycles. The quantitative estimate of drug-likeness (QED) is 0.784. The highest BCUT2D eigenvalue weighted by molar-refractivity contribution is 7.89. The van der Waals surface area contributed by atoms with Gasteiger partial charge in [0.25, 0.3) is 0 Å². The Bertz CT molecular complexity index is 425. The number of nitrogens with one attached hydrogen (secondary N) is 1. The molecule has 5 heteroatoms. The second-order valence-electron chi connectivity index (χ2n) is 3.12. The van der Waals surface area contributed by atoms with E-state index in [2.05, 4.69) is 0 Å². The van der Waals surface area contributed by atoms with Gasteiger partial charge in [0.05, 0.1) is 10.6 Å². The lowest BCUT2D eigenvalue weighted by atomic mass is 10.3. The Labute approximate surface area is 90.8 Å². The van der Waals surface area contributed by atoms with Gasteiger partial charge in [-0.2, -0.15) is 4.31 Å². The molecule has 0 aliphatic heterocycles. The van der Waals surface area contributed by atoms with Crippen molar-refractivity contribution in [2.24, 2.45) is 0 Å². The first-order valence-electron chi connectivity index (χ1n) is 4.84. The zero-order chi connectivity index (χ0) is 11.5. The normalized spacial score (nSPS) is 11.9. The van der Waals surface area contributed by atoms with Gasteiger partial charge in [-0.15, -0.1) is 0 Å². The van der Waals surface area contributed by atoms with E-state index in [0.29, 0.717) is 13.1 Å². The molecule has 1 aromatic rings. The molecule has 1 rings (SSSR count). The first-order valence-corrected chi connectivity index (χ1v) is 6.28. The van der Waals surface area contributed by atoms with Gasteiger partial charge in [0.2, 0.25) is 10.0 Å². The van der Waals surface area contributed by atoms with Crippen molar-refractivity contribution in [2.75, 3.05) is 13.1 Å². The second-order valence-corrected chi connectivity index (χ2v) is 5.06. The van der Waals surface area contributed by atoms with E-state index in [-0.39, 0.29) is 10.6 Å². The minimum Gasteiger partial charge on any atom is -0.301 e. The van der Waals surface area contributed by atoms with Crippen LogP contribution in [0.25, 0.3) is 0 Å². The Morgan fingerprint density at radius 3 is 2.33 bits per heavy atom. The number of hydrogen-bond acceptors (Lipinski definition) is 2. The largest absolute Gasteiger partial charge is 0.301 e. The van der Waals surface area contributed by atoms with Crippen LogP contribution in [0.4, 0.5) is 5.69 Å². The Kier molecular flexibility index (Phi) is 3.71. The molecule has 0 aromatic heterocycles. The van der Waals surface area contributed by atoms with Gasteiger partial charge in [-0.1, -0.05) is 19.9 Å². The standard InChI is InChI=1S/C10H15N2O2S/c1-3-12(4-2)15(13,14)10-7-5-6-9(11)8-10/h5-8,11H,3-4H2,1-2H3. The van der Waals surface area contributed by atoms with E-state index in [0.717, 1.165) is 0 Å². The lowest BCUT2D eigenvalue weighted by molar-refractivity contribution is 0.445. The van der Waals surface area contributed by atoms with Gasteiger partial charge in [-0.25, -0.2) is 8.42 Å². The maximum Gasteiger partial charge on any atom is 0.243 e. The topological polar surface area (TPSA) is 61.2 Å². The van der Waals surface area contributed by atoms with E-state index < -0.39 is 10.0 Å². The van der Waals surface area contributed by atoms with E-state index in [9.17, 15) is 8.42 Å². The molecule has 0 aliphatic rings. The maximum absolute atomic E-state index is 12.0. The molecule has 0 amide bonds. The van der Waals surface area contributed by atoms with Gasteiger partial charge in [0, 0.05) is 13.1 Å². The minimum absolute atomic E-state index is 0.193. The summed E-state index contributed by atoms with van der Waals surface area (Å²) in [4.78, 5) is 0.193. The van der Waals surface area contributed by atoms with Crippen LogP contribution < -0.4 is 5.73 Å². The lowest BCUT2D eigenvalue weighted by Gasteiger charge is -2.18. The number of sulfonamides is 1. The molecular formula is C10H15N2O2S. The van der Waals surface area contributed by atoms with E-state index in [1.54, 1.807) is 26.0 Å². The van der Waals surface area contributed by atoms with E-state index in [1.807, 2.05) is 0 Å². The number of rotatable bonds is 4. The highest BCUT2D eigenvalue weighted by Crippen LogP contribution is 2.18. The summed E-state index contributed by atoms with van der Waals surface area (Å²) in [6.45, 7) is 4.49. The van der Waals surface area contributed by atoms with E-state index in [4.69, 9.17) is 5.73 Å². The van der Waals surface area contributed by atoms with Crippen molar-refractivity contribution in [1.29, 1.82) is 0 Å². The van der Waals surface area contributed by atoms with Crippen LogP contribution in [0.2, 0.25) is 0 Å². The summed E-state index contributed by atoms with van der Waals surface area (Å²) in [5, 5.41) is 0. The third-order valence-electron chi connectivity index (χ3n) is 2.18. The smallest absolute Gasteiger partial charge is 0.243 e. The summed E-state index contributed by atoms with van der Waals surface area (Å²) in [7, 11) is -3.41. The van der Waals surface area contributed by atoms with Gasteiger partial charge in [-0.3, -0.25) is 0 Å². The van der Waals surface area contributed by atoms with Crippen LogP contribution in [0.15, 0.2) is 29.2 Å². The number of hydrogen-bond donors (Lipinski definition) is 0. The minimum atomic E-state index is -3.41. The summed E-state index contributed by atoms with van der Waals surface area (Å²) in [5.74, 6) is 0. The summed E-state index contributed by atoms with van der Waals surface area (Å²) in [6.07, 6.45) is 0. The fourth-order valence-corrected chi connectivity index (χ4v) is 2.87. The highest BCUT2D eigenvalue weighted by Gasteiger charge is 2.21. The lowest BCUT2D eigenvalue weighted by Crippen LogP contribution is -2.30. The Morgan fingerprint density at radius 1 is 1.27 bits per heavy atom. The third kappa shape index (κ3) is 2.49. The van der Waals surface area contributed by atoms with Crippen molar-refractivity contribution >= 4 is 15.7 Å². The average molecular weight is 227 g/mol. The highest BCUT2D eigenvalue weighted by atomic mass is 32.2. The summed E-state index contributed by atoms with van der Waals surface area (Å²) in [6, 6.07) is 6.03. The van der Waals surface area contributed by atoms with Crippen LogP contribution in [-0.4, -0.2) is 25.8 Å². The second kappa shape index (κ2) is 4.63. The van der Waals surface area contributed by atoms with Crippen molar-refractivity contribution in [3.63, 3.8) is 0 Å². The molecule has 0 spiro atoms. The molecule has 0 heterocycles. The Balaban J connectivity index is 3.16. The predicted molar refractivity (Wildman–Crippen MR) is 59.3 cm³/mol. The fourth-order valence-electron chi connectivity index (χ4n) is 1.37. The van der Waals surface area contributed by atoms with Gasteiger partial charge in [-0.05, 0) is 18.2 Å². The summed E-state index contributed by atoms with van der Waals surface area (Å²) >= 11 is 0. The van der Waals surface area contributed by atoms with Crippen LogP contribution in [0.3, 0.4) is 0 Å². The predicted octanol–water partition coefficient (Wildman–Crippen LogP) is 1.63. The molecule has 4 nitrogen and oxygen atoms in total. The molecule has 0 aliphatic carbocycles. The molecule has 1 N–H and O–H groups in total. The van der Waals surface area contributed by atoms with E-state index in [1.165, 1.54) is 16.4 Å². The van der Waals surface area contributed by atoms with Crippen LogP contribution >= 0.6 is 0 Å². The molecule has 15 heavy (non-hydrogen) atoms.